The van der Waals surface area contributed by atoms with Gasteiger partial charge in [0.25, 0.3) is 5.91 Å². The fourth-order valence-electron chi connectivity index (χ4n) is 4.02. The summed E-state index contributed by atoms with van der Waals surface area (Å²) in [6.07, 6.45) is 2.20. The van der Waals surface area contributed by atoms with Gasteiger partial charge in [0.2, 0.25) is 0 Å². The van der Waals surface area contributed by atoms with E-state index in [1.165, 1.54) is 17.6 Å². The lowest BCUT2D eigenvalue weighted by molar-refractivity contribution is -0.120. The second-order valence-electron chi connectivity index (χ2n) is 8.71. The molecule has 0 aliphatic carbocycles. The van der Waals surface area contributed by atoms with Gasteiger partial charge in [0, 0.05) is 21.5 Å². The third-order valence-electron chi connectivity index (χ3n) is 5.09. The highest BCUT2D eigenvalue weighted by atomic mass is 32.1. The topological polar surface area (TPSA) is 105 Å². The number of carbonyl (C=O) groups is 1. The summed E-state index contributed by atoms with van der Waals surface area (Å²) >= 11 is 1.43. The molecule has 1 aromatic heterocycles. The van der Waals surface area contributed by atoms with E-state index >= 15 is 0 Å². The standard InChI is InChI=1S/C23H28N4O4S/c1-22(2)10-15-16(11-24)21(32-20(15)23(3,4)27-22)26-19(28)13-31-25-12-14-7-8-17(29-5)18(9-14)30-6/h7-9,12,27H,10,13H2,1-6H3,(H,26,28)/b25-12+. The van der Waals surface area contributed by atoms with Crippen molar-refractivity contribution in [2.24, 2.45) is 5.16 Å². The Morgan fingerprint density at radius 1 is 1.28 bits per heavy atom. The molecule has 1 aromatic carbocycles. The van der Waals surface area contributed by atoms with E-state index in [4.69, 9.17) is 14.3 Å². The Morgan fingerprint density at radius 3 is 2.66 bits per heavy atom. The molecule has 8 nitrogen and oxygen atoms in total. The van der Waals surface area contributed by atoms with Gasteiger partial charge in [0.15, 0.2) is 18.1 Å². The number of thiophene rings is 1. The number of oxime groups is 1. The van der Waals surface area contributed by atoms with Crippen LogP contribution >= 0.6 is 11.3 Å². The van der Waals surface area contributed by atoms with Crippen molar-refractivity contribution in [1.82, 2.24) is 5.32 Å². The first kappa shape index (κ1) is 23.6. The van der Waals surface area contributed by atoms with Gasteiger partial charge in [0.05, 0.1) is 26.0 Å². The largest absolute Gasteiger partial charge is 0.493 e. The van der Waals surface area contributed by atoms with Crippen LogP contribution in [0.25, 0.3) is 0 Å². The fourth-order valence-corrected chi connectivity index (χ4v) is 5.27. The van der Waals surface area contributed by atoms with Crippen molar-refractivity contribution >= 4 is 28.5 Å². The van der Waals surface area contributed by atoms with Gasteiger partial charge in [0.1, 0.15) is 11.1 Å². The molecule has 0 saturated carbocycles. The quantitative estimate of drug-likeness (QED) is 0.485. The molecule has 1 amide bonds. The average molecular weight is 457 g/mol. The minimum Gasteiger partial charge on any atom is -0.493 e. The molecule has 0 radical (unpaired) electrons. The second kappa shape index (κ2) is 9.18. The Kier molecular flexibility index (Phi) is 6.77. The highest BCUT2D eigenvalue weighted by molar-refractivity contribution is 7.17. The van der Waals surface area contributed by atoms with Crippen molar-refractivity contribution in [2.45, 2.75) is 45.2 Å². The first-order valence-corrected chi connectivity index (χ1v) is 10.9. The number of hydrogen-bond acceptors (Lipinski definition) is 8. The van der Waals surface area contributed by atoms with Crippen LogP contribution in [0.3, 0.4) is 0 Å². The van der Waals surface area contributed by atoms with Crippen LogP contribution in [0.5, 0.6) is 11.5 Å². The molecular formula is C23H28N4O4S. The minimum atomic E-state index is -0.380. The molecule has 3 rings (SSSR count). The lowest BCUT2D eigenvalue weighted by atomic mass is 9.81. The van der Waals surface area contributed by atoms with E-state index in [9.17, 15) is 10.1 Å². The third-order valence-corrected chi connectivity index (χ3v) is 6.56. The monoisotopic (exact) mass is 456 g/mol. The van der Waals surface area contributed by atoms with Crippen LogP contribution in [0.1, 0.15) is 49.3 Å². The van der Waals surface area contributed by atoms with Crippen molar-refractivity contribution in [3.63, 3.8) is 0 Å². The number of benzene rings is 1. The summed E-state index contributed by atoms with van der Waals surface area (Å²) in [7, 11) is 3.11. The number of fused-ring (bicyclic) bond motifs is 1. The van der Waals surface area contributed by atoms with Gasteiger partial charge in [-0.1, -0.05) is 5.16 Å². The van der Waals surface area contributed by atoms with Crippen LogP contribution in [-0.2, 0) is 21.6 Å². The zero-order valence-electron chi connectivity index (χ0n) is 19.2. The summed E-state index contributed by atoms with van der Waals surface area (Å²) in [6.45, 7) is 8.12. The predicted octanol–water partition coefficient (Wildman–Crippen LogP) is 3.79. The molecule has 0 saturated heterocycles. The highest BCUT2D eigenvalue weighted by Gasteiger charge is 2.40. The minimum absolute atomic E-state index is 0.146. The van der Waals surface area contributed by atoms with Crippen LogP contribution in [0.15, 0.2) is 23.4 Å². The molecule has 2 N–H and O–H groups in total. The number of rotatable bonds is 7. The van der Waals surface area contributed by atoms with Gasteiger partial charge in [-0.05, 0) is 57.9 Å². The Labute approximate surface area is 192 Å². The number of anilines is 1. The fraction of sp³-hybridized carbons (Fsp3) is 0.435. The normalized spacial score (nSPS) is 16.2. The molecule has 1 aliphatic heterocycles. The van der Waals surface area contributed by atoms with E-state index in [-0.39, 0.29) is 23.6 Å². The second-order valence-corrected chi connectivity index (χ2v) is 9.73. The number of amides is 1. The summed E-state index contributed by atoms with van der Waals surface area (Å²) in [5, 5.41) is 20.6. The van der Waals surface area contributed by atoms with Gasteiger partial charge in [-0.25, -0.2) is 0 Å². The molecule has 0 unspecified atom stereocenters. The van der Waals surface area contributed by atoms with Crippen molar-refractivity contribution in [2.75, 3.05) is 26.1 Å². The number of ether oxygens (including phenoxy) is 2. The SMILES string of the molecule is COc1ccc(/C=N/OCC(=O)Nc2sc3c(c2C#N)CC(C)(C)NC3(C)C)cc1OC. The Morgan fingerprint density at radius 2 is 2.00 bits per heavy atom. The lowest BCUT2D eigenvalue weighted by Crippen LogP contribution is -2.54. The van der Waals surface area contributed by atoms with Crippen LogP contribution < -0.4 is 20.1 Å². The van der Waals surface area contributed by atoms with Crippen molar-refractivity contribution in [1.29, 1.82) is 5.26 Å². The van der Waals surface area contributed by atoms with Crippen LogP contribution in [-0.4, -0.2) is 38.5 Å². The molecule has 0 atom stereocenters. The maximum atomic E-state index is 12.4. The molecule has 32 heavy (non-hydrogen) atoms. The zero-order chi connectivity index (χ0) is 23.5. The van der Waals surface area contributed by atoms with Crippen molar-refractivity contribution in [3.8, 4) is 17.6 Å². The van der Waals surface area contributed by atoms with Gasteiger partial charge in [-0.3, -0.25) is 4.79 Å². The van der Waals surface area contributed by atoms with Gasteiger partial charge < -0.3 is 24.9 Å². The number of carbonyl (C=O) groups excluding carboxylic acids is 1. The molecule has 0 bridgehead atoms. The smallest absolute Gasteiger partial charge is 0.265 e. The third kappa shape index (κ3) is 5.03. The molecule has 2 aromatic rings. The first-order chi connectivity index (χ1) is 15.1. The van der Waals surface area contributed by atoms with E-state index in [2.05, 4.69) is 49.6 Å². The van der Waals surface area contributed by atoms with Crippen molar-refractivity contribution < 1.29 is 19.1 Å². The van der Waals surface area contributed by atoms with E-state index in [0.717, 1.165) is 16.0 Å². The zero-order valence-corrected chi connectivity index (χ0v) is 20.0. The van der Waals surface area contributed by atoms with Gasteiger partial charge in [-0.15, -0.1) is 11.3 Å². The van der Waals surface area contributed by atoms with Gasteiger partial charge >= 0.3 is 0 Å². The number of methoxy groups -OCH3 is 2. The number of nitrogens with zero attached hydrogens (tertiary/aromatic N) is 2. The van der Waals surface area contributed by atoms with Crippen LogP contribution in [0, 0.1) is 11.3 Å². The maximum absolute atomic E-state index is 12.4. The number of nitrogens with one attached hydrogen (secondary N) is 2. The summed E-state index contributed by atoms with van der Waals surface area (Å²) < 4.78 is 10.4. The molecule has 170 valence electrons. The Balaban J connectivity index is 1.66. The summed E-state index contributed by atoms with van der Waals surface area (Å²) in [5.74, 6) is 0.800. The summed E-state index contributed by atoms with van der Waals surface area (Å²) in [5.41, 5.74) is 1.81. The van der Waals surface area contributed by atoms with Crippen LogP contribution in [0.2, 0.25) is 0 Å². The maximum Gasteiger partial charge on any atom is 0.265 e. The van der Waals surface area contributed by atoms with E-state index in [1.54, 1.807) is 32.4 Å². The first-order valence-electron chi connectivity index (χ1n) is 10.1. The van der Waals surface area contributed by atoms with Crippen molar-refractivity contribution in [3.05, 3.63) is 39.8 Å². The molecule has 2 heterocycles. The molecular weight excluding hydrogens is 428 g/mol. The Bertz CT molecular complexity index is 1080. The highest BCUT2D eigenvalue weighted by Crippen LogP contribution is 2.44. The molecule has 9 heteroatoms. The summed E-state index contributed by atoms with van der Waals surface area (Å²) in [4.78, 5) is 18.6. The predicted molar refractivity (Wildman–Crippen MR) is 125 cm³/mol. The van der Waals surface area contributed by atoms with Crippen LogP contribution in [0.4, 0.5) is 5.00 Å². The molecule has 0 spiro atoms. The summed E-state index contributed by atoms with van der Waals surface area (Å²) in [6, 6.07) is 7.57. The molecule has 0 fully saturated rings. The van der Waals surface area contributed by atoms with E-state index < -0.39 is 0 Å². The van der Waals surface area contributed by atoms with Gasteiger partial charge in [-0.2, -0.15) is 5.26 Å². The number of nitriles is 1. The number of hydrogen-bond donors (Lipinski definition) is 2. The average Bonchev–Trinajstić information content (AvgIpc) is 3.06. The lowest BCUT2D eigenvalue weighted by Gasteiger charge is -2.42. The Hall–Kier alpha value is -3.09. The molecule has 1 aliphatic rings. The van der Waals surface area contributed by atoms with E-state index in [1.807, 2.05) is 0 Å². The van der Waals surface area contributed by atoms with E-state index in [0.29, 0.717) is 28.5 Å².